The maximum absolute atomic E-state index is 15.2. The monoisotopic (exact) mass is 514 g/mol. The summed E-state index contributed by atoms with van der Waals surface area (Å²) in [6.07, 6.45) is 5.16. The molecule has 1 saturated heterocycles. The molecular weight excluding hydrogens is 495 g/mol. The van der Waals surface area contributed by atoms with Crippen LogP contribution in [0.4, 0.5) is 10.2 Å². The summed E-state index contributed by atoms with van der Waals surface area (Å²) in [4.78, 5) is 20.0. The first-order valence-corrected chi connectivity index (χ1v) is 11.9. The fourth-order valence-electron chi connectivity index (χ4n) is 4.06. The van der Waals surface area contributed by atoms with Gasteiger partial charge in [-0.15, -0.1) is 16.4 Å². The summed E-state index contributed by atoms with van der Waals surface area (Å²) in [6, 6.07) is 8.33. The van der Waals surface area contributed by atoms with E-state index in [1.54, 1.807) is 46.4 Å². The van der Waals surface area contributed by atoms with Gasteiger partial charge >= 0.3 is 0 Å². The predicted molar refractivity (Wildman–Crippen MR) is 126 cm³/mol. The molecule has 1 N–H and O–H groups in total. The number of hydrogen-bond donors (Lipinski definition) is 1. The third-order valence-electron chi connectivity index (χ3n) is 5.58. The number of piperidine rings is 1. The van der Waals surface area contributed by atoms with Gasteiger partial charge in [0.25, 0.3) is 5.91 Å². The van der Waals surface area contributed by atoms with Gasteiger partial charge in [0.2, 0.25) is 0 Å². The normalized spacial score (nSPS) is 16.4. The second-order valence-corrected chi connectivity index (χ2v) is 10.2. The topological polar surface area (TPSA) is 75.9 Å². The number of anilines is 1. The van der Waals surface area contributed by atoms with Gasteiger partial charge in [0, 0.05) is 35.4 Å². The Morgan fingerprint density at radius 3 is 2.94 bits per heavy atom. The van der Waals surface area contributed by atoms with Gasteiger partial charge in [0.05, 0.1) is 21.6 Å². The lowest BCUT2D eigenvalue weighted by molar-refractivity contribution is 0.0968. The van der Waals surface area contributed by atoms with Crippen molar-refractivity contribution in [1.82, 2.24) is 25.3 Å². The Balaban J connectivity index is 1.58. The van der Waals surface area contributed by atoms with Crippen LogP contribution in [0.15, 0.2) is 46.5 Å². The lowest BCUT2D eigenvalue weighted by atomic mass is 10.0. The van der Waals surface area contributed by atoms with Gasteiger partial charge in [-0.2, -0.15) is 0 Å². The number of aromatic nitrogens is 4. The molecule has 164 valence electrons. The van der Waals surface area contributed by atoms with Crippen LogP contribution in [0.2, 0.25) is 0 Å². The molecule has 1 aromatic carbocycles. The summed E-state index contributed by atoms with van der Waals surface area (Å²) in [7, 11) is 1.75. The average molecular weight is 515 g/mol. The van der Waals surface area contributed by atoms with Crippen LogP contribution in [-0.4, -0.2) is 45.0 Å². The van der Waals surface area contributed by atoms with E-state index in [2.05, 4.69) is 36.5 Å². The van der Waals surface area contributed by atoms with Crippen molar-refractivity contribution in [2.45, 2.75) is 18.9 Å². The quantitative estimate of drug-likeness (QED) is 0.437. The Morgan fingerprint density at radius 1 is 1.34 bits per heavy atom. The summed E-state index contributed by atoms with van der Waals surface area (Å²) in [6.45, 7) is 1.54. The second-order valence-electron chi connectivity index (χ2n) is 7.74. The Bertz CT molecular complexity index is 1300. The molecule has 1 aliphatic heterocycles. The number of hydrogen-bond acceptors (Lipinski definition) is 6. The van der Waals surface area contributed by atoms with E-state index in [9.17, 15) is 4.79 Å². The van der Waals surface area contributed by atoms with Gasteiger partial charge in [0.1, 0.15) is 17.3 Å². The highest BCUT2D eigenvalue weighted by Gasteiger charge is 2.31. The van der Waals surface area contributed by atoms with Crippen molar-refractivity contribution >= 4 is 49.1 Å². The molecule has 4 heterocycles. The van der Waals surface area contributed by atoms with Crippen LogP contribution >= 0.6 is 27.3 Å². The highest BCUT2D eigenvalue weighted by atomic mass is 79.9. The molecule has 1 amide bonds. The zero-order chi connectivity index (χ0) is 22.2. The fraction of sp³-hybridized carbons (Fsp3) is 0.273. The van der Waals surface area contributed by atoms with Crippen LogP contribution in [0.1, 0.15) is 23.2 Å². The van der Waals surface area contributed by atoms with E-state index < -0.39 is 11.7 Å². The number of thiophene rings is 1. The van der Waals surface area contributed by atoms with E-state index in [1.165, 1.54) is 12.1 Å². The van der Waals surface area contributed by atoms with Crippen molar-refractivity contribution in [1.29, 1.82) is 0 Å². The summed E-state index contributed by atoms with van der Waals surface area (Å²) >= 11 is 5.11. The van der Waals surface area contributed by atoms with Gasteiger partial charge in [-0.3, -0.25) is 14.4 Å². The van der Waals surface area contributed by atoms with Gasteiger partial charge < -0.3 is 5.32 Å². The number of amides is 1. The molecule has 32 heavy (non-hydrogen) atoms. The molecule has 1 fully saturated rings. The number of fused-ring (bicyclic) bond motifs is 1. The van der Waals surface area contributed by atoms with E-state index in [0.29, 0.717) is 23.6 Å². The number of halogens is 2. The lowest BCUT2D eigenvalue weighted by Crippen LogP contribution is -2.49. The van der Waals surface area contributed by atoms with E-state index in [1.807, 2.05) is 12.1 Å². The fourth-order valence-corrected chi connectivity index (χ4v) is 5.58. The van der Waals surface area contributed by atoms with Crippen LogP contribution in [0.5, 0.6) is 0 Å². The van der Waals surface area contributed by atoms with Gasteiger partial charge in [0.15, 0.2) is 0 Å². The molecule has 0 saturated carbocycles. The maximum Gasteiger partial charge on any atom is 0.262 e. The van der Waals surface area contributed by atoms with Crippen LogP contribution < -0.4 is 10.2 Å². The number of carbonyl (C=O) groups excluding carboxylic acids is 1. The van der Waals surface area contributed by atoms with E-state index in [-0.39, 0.29) is 11.6 Å². The molecule has 3 aromatic heterocycles. The van der Waals surface area contributed by atoms with Crippen molar-refractivity contribution in [2.24, 2.45) is 7.05 Å². The molecule has 5 rings (SSSR count). The molecule has 0 radical (unpaired) electrons. The molecule has 10 heteroatoms. The first kappa shape index (κ1) is 21.2. The second kappa shape index (κ2) is 8.68. The van der Waals surface area contributed by atoms with Gasteiger partial charge in [-0.25, -0.2) is 9.37 Å². The summed E-state index contributed by atoms with van der Waals surface area (Å²) in [5.41, 5.74) is 1.13. The Hall–Kier alpha value is -2.69. The van der Waals surface area contributed by atoms with Crippen molar-refractivity contribution in [2.75, 3.05) is 18.0 Å². The zero-order valence-electron chi connectivity index (χ0n) is 17.3. The highest BCUT2D eigenvalue weighted by molar-refractivity contribution is 9.11. The minimum atomic E-state index is -0.592. The number of rotatable bonds is 4. The van der Waals surface area contributed by atoms with Crippen molar-refractivity contribution in [3.05, 3.63) is 57.9 Å². The zero-order valence-corrected chi connectivity index (χ0v) is 19.7. The number of nitrogens with one attached hydrogen (secondary N) is 1. The van der Waals surface area contributed by atoms with E-state index in [0.717, 1.165) is 33.3 Å². The highest BCUT2D eigenvalue weighted by Crippen LogP contribution is 2.36. The number of pyridine rings is 1. The summed E-state index contributed by atoms with van der Waals surface area (Å²) in [5.74, 6) is -0.435. The third-order valence-corrected chi connectivity index (χ3v) is 7.18. The van der Waals surface area contributed by atoms with Gasteiger partial charge in [-0.05, 0) is 59.6 Å². The number of aryl methyl sites for hydroxylation is 1. The largest absolute Gasteiger partial charge is 0.315 e. The van der Waals surface area contributed by atoms with Crippen molar-refractivity contribution < 1.29 is 9.18 Å². The van der Waals surface area contributed by atoms with Crippen molar-refractivity contribution in [3.8, 4) is 11.3 Å². The predicted octanol–water partition coefficient (Wildman–Crippen LogP) is 4.39. The smallest absolute Gasteiger partial charge is 0.262 e. The van der Waals surface area contributed by atoms with Crippen molar-refractivity contribution in [3.63, 3.8) is 0 Å². The molecule has 0 unspecified atom stereocenters. The summed E-state index contributed by atoms with van der Waals surface area (Å²) < 4.78 is 18.7. The van der Waals surface area contributed by atoms with E-state index in [4.69, 9.17) is 0 Å². The molecular formula is C22H20BrFN6OS. The first-order chi connectivity index (χ1) is 15.5. The molecule has 0 bridgehead atoms. The van der Waals surface area contributed by atoms with E-state index >= 15 is 4.39 Å². The third kappa shape index (κ3) is 3.94. The Morgan fingerprint density at radius 2 is 2.22 bits per heavy atom. The van der Waals surface area contributed by atoms with Crippen LogP contribution in [0, 0.1) is 5.82 Å². The van der Waals surface area contributed by atoms with Gasteiger partial charge in [-0.1, -0.05) is 11.3 Å². The maximum atomic E-state index is 15.2. The summed E-state index contributed by atoms with van der Waals surface area (Å²) in [5, 5.41) is 12.1. The minimum absolute atomic E-state index is 0.0105. The number of carbonyl (C=O) groups is 1. The molecule has 4 aromatic rings. The Kier molecular flexibility index (Phi) is 5.75. The van der Waals surface area contributed by atoms with Crippen LogP contribution in [0.3, 0.4) is 0 Å². The lowest BCUT2D eigenvalue weighted by Gasteiger charge is -2.34. The van der Waals surface area contributed by atoms with Crippen LogP contribution in [0.25, 0.3) is 21.3 Å². The standard InChI is InChI=1S/C22H20BrFN6OS/c1-29-12-18(27-28-29)13-4-5-15(17(24)9-13)22(31)30(14-3-2-7-25-11-14)21-16-10-20(23)32-19(16)6-8-26-21/h4-6,8-10,12,14,25H,2-3,7,11H2,1H3/t14-/m1/s1. The average Bonchev–Trinajstić information content (AvgIpc) is 3.39. The minimum Gasteiger partial charge on any atom is -0.315 e. The Labute approximate surface area is 196 Å². The number of benzene rings is 1. The molecule has 7 nitrogen and oxygen atoms in total. The molecule has 0 spiro atoms. The molecule has 1 aliphatic rings. The SMILES string of the molecule is Cn1cc(-c2ccc(C(=O)N(c3nccc4sc(Br)cc34)[C@@H]3CCCNC3)c(F)c2)nn1. The first-order valence-electron chi connectivity index (χ1n) is 10.3. The number of nitrogens with zero attached hydrogens (tertiary/aromatic N) is 5. The molecule has 1 atom stereocenters. The van der Waals surface area contributed by atoms with Crippen LogP contribution in [-0.2, 0) is 7.05 Å². The molecule has 0 aliphatic carbocycles.